The van der Waals surface area contributed by atoms with Crippen molar-refractivity contribution in [3.05, 3.63) is 41.5 Å². The maximum absolute atomic E-state index is 14.4. The Bertz CT molecular complexity index is 1080. The lowest BCUT2D eigenvalue weighted by Gasteiger charge is -2.26. The molecule has 5 rings (SSSR count). The average molecular weight is 490 g/mol. The molecule has 1 aliphatic heterocycles. The number of nitrogens with zero attached hydrogens (tertiary/aromatic N) is 3. The zero-order valence-corrected chi connectivity index (χ0v) is 19.4. The number of fused-ring (bicyclic) bond motifs is 1. The number of halogens is 3. The number of aliphatic imine (C=N–C) groups is 1. The first-order valence-electron chi connectivity index (χ1n) is 12.4. The van der Waals surface area contributed by atoms with E-state index in [1.165, 1.54) is 0 Å². The summed E-state index contributed by atoms with van der Waals surface area (Å²) in [5.74, 6) is -2.74. The predicted molar refractivity (Wildman–Crippen MR) is 126 cm³/mol. The highest BCUT2D eigenvalue weighted by Crippen LogP contribution is 2.38. The Hall–Kier alpha value is -2.72. The van der Waals surface area contributed by atoms with Crippen LogP contribution in [0.3, 0.4) is 0 Å². The molecule has 2 fully saturated rings. The Kier molecular flexibility index (Phi) is 6.93. The normalized spacial score (nSPS) is 30.0. The Morgan fingerprint density at radius 2 is 1.71 bits per heavy atom. The summed E-state index contributed by atoms with van der Waals surface area (Å²) in [6, 6.07) is 1.41. The lowest BCUT2D eigenvalue weighted by Crippen LogP contribution is -2.32. The molecule has 0 radical (unpaired) electrons. The average Bonchev–Trinajstić information content (AvgIpc) is 3.15. The first-order valence-corrected chi connectivity index (χ1v) is 12.4. The smallest absolute Gasteiger partial charge is 0.223 e. The molecule has 2 aliphatic carbocycles. The number of aliphatic hydroxyl groups is 2. The third-order valence-electron chi connectivity index (χ3n) is 7.47. The van der Waals surface area contributed by atoms with E-state index in [-0.39, 0.29) is 24.0 Å². The summed E-state index contributed by atoms with van der Waals surface area (Å²) in [5.41, 5.74) is 0.779. The number of anilines is 2. The maximum atomic E-state index is 14.4. The third-order valence-corrected chi connectivity index (χ3v) is 7.47. The molecule has 2 aromatic rings. The van der Waals surface area contributed by atoms with Crippen LogP contribution in [0.2, 0.25) is 0 Å². The monoisotopic (exact) mass is 489 g/mol. The highest BCUT2D eigenvalue weighted by atomic mass is 19.1. The predicted octanol–water partition coefficient (Wildman–Crippen LogP) is 4.47. The molecule has 0 bridgehead atoms. The highest BCUT2D eigenvalue weighted by Gasteiger charge is 2.37. The Balaban J connectivity index is 1.45. The zero-order chi connectivity index (χ0) is 24.5. The van der Waals surface area contributed by atoms with Crippen molar-refractivity contribution < 1.29 is 23.4 Å². The number of aliphatic hydroxyl groups excluding tert-OH is 2. The molecule has 3 atom stereocenters. The second-order valence-electron chi connectivity index (χ2n) is 9.85. The summed E-state index contributed by atoms with van der Waals surface area (Å²) >= 11 is 0. The van der Waals surface area contributed by atoms with Crippen molar-refractivity contribution >= 4 is 23.2 Å². The largest absolute Gasteiger partial charge is 0.393 e. The van der Waals surface area contributed by atoms with Crippen molar-refractivity contribution in [1.82, 2.24) is 9.97 Å². The van der Waals surface area contributed by atoms with Crippen LogP contribution in [0.1, 0.15) is 57.1 Å². The molecule has 10 heteroatoms. The van der Waals surface area contributed by atoms with Gasteiger partial charge in [-0.3, -0.25) is 0 Å². The van der Waals surface area contributed by atoms with Crippen molar-refractivity contribution in [3.63, 3.8) is 0 Å². The molecular weight excluding hydrogens is 459 g/mol. The van der Waals surface area contributed by atoms with E-state index in [0.29, 0.717) is 48.9 Å². The van der Waals surface area contributed by atoms with Gasteiger partial charge in [0.2, 0.25) is 5.95 Å². The number of aryl methyl sites for hydroxylation is 1. The number of amidine groups is 1. The molecular formula is C25H30F3N5O2. The van der Waals surface area contributed by atoms with Crippen molar-refractivity contribution in [2.75, 3.05) is 10.6 Å². The van der Waals surface area contributed by atoms with Gasteiger partial charge in [0, 0.05) is 24.1 Å². The number of hydrogen-bond donors (Lipinski definition) is 4. The summed E-state index contributed by atoms with van der Waals surface area (Å²) in [6.45, 7) is 0. The number of nitrogens with one attached hydrogen (secondary N) is 2. The first kappa shape index (κ1) is 24.0. The molecule has 0 amide bonds. The van der Waals surface area contributed by atoms with Crippen LogP contribution in [-0.2, 0) is 6.42 Å². The van der Waals surface area contributed by atoms with Gasteiger partial charge in [-0.05, 0) is 57.3 Å². The number of rotatable bonds is 4. The fourth-order valence-electron chi connectivity index (χ4n) is 5.57. The Labute approximate surface area is 201 Å². The third kappa shape index (κ3) is 5.28. The molecule has 35 heavy (non-hydrogen) atoms. The van der Waals surface area contributed by atoms with Gasteiger partial charge in [-0.25, -0.2) is 28.1 Å². The summed E-state index contributed by atoms with van der Waals surface area (Å²) < 4.78 is 42.3. The summed E-state index contributed by atoms with van der Waals surface area (Å²) in [7, 11) is 0. The number of aromatic nitrogens is 2. The summed E-state index contributed by atoms with van der Waals surface area (Å²) in [6.07, 6.45) is 7.49. The first-order chi connectivity index (χ1) is 16.9. The van der Waals surface area contributed by atoms with Crippen LogP contribution in [0.4, 0.5) is 30.5 Å². The highest BCUT2D eigenvalue weighted by molar-refractivity contribution is 6.00. The molecule has 188 valence electrons. The minimum Gasteiger partial charge on any atom is -0.393 e. The van der Waals surface area contributed by atoms with E-state index in [1.807, 2.05) is 0 Å². The van der Waals surface area contributed by atoms with Crippen molar-refractivity contribution in [3.8, 4) is 0 Å². The van der Waals surface area contributed by atoms with Crippen LogP contribution in [0.25, 0.3) is 0 Å². The maximum Gasteiger partial charge on any atom is 0.223 e. The van der Waals surface area contributed by atoms with Gasteiger partial charge in [0.15, 0.2) is 11.6 Å². The minimum absolute atomic E-state index is 0.110. The van der Waals surface area contributed by atoms with Gasteiger partial charge in [0.05, 0.1) is 29.8 Å². The molecule has 0 saturated heterocycles. The van der Waals surface area contributed by atoms with Crippen molar-refractivity contribution in [2.24, 2.45) is 16.8 Å². The van der Waals surface area contributed by atoms with Gasteiger partial charge in [-0.1, -0.05) is 6.42 Å². The number of hydrogen-bond acceptors (Lipinski definition) is 6. The van der Waals surface area contributed by atoms with Crippen LogP contribution in [0.15, 0.2) is 23.3 Å². The molecule has 2 saturated carbocycles. The molecule has 1 aromatic carbocycles. The topological polar surface area (TPSA) is 103 Å². The van der Waals surface area contributed by atoms with Gasteiger partial charge < -0.3 is 20.8 Å². The molecule has 7 nitrogen and oxygen atoms in total. The standard InChI is InChI=1S/C25H30F3N5O2/c26-13-10-18(27)23(19(28)11-13)33-24-17(16-2-1-3-22(16)35)8-9-20-21(31-24)12-29-25(32-20)30-14-4-6-15(34)7-5-14/h10-12,14-17,22,34-35H,1-9H2,(H,31,33)(H,29,30,32)/t14?,15?,16-,17?,22+/m1/s1. The molecule has 0 spiro atoms. The van der Waals surface area contributed by atoms with Gasteiger partial charge in [0.1, 0.15) is 17.3 Å². The second-order valence-corrected chi connectivity index (χ2v) is 9.85. The van der Waals surface area contributed by atoms with Gasteiger partial charge in [0.25, 0.3) is 0 Å². The molecule has 2 heterocycles. The quantitative estimate of drug-likeness (QED) is 0.505. The van der Waals surface area contributed by atoms with E-state index in [0.717, 1.165) is 44.2 Å². The molecule has 1 unspecified atom stereocenters. The molecule has 4 N–H and O–H groups in total. The van der Waals surface area contributed by atoms with Crippen molar-refractivity contribution in [2.45, 2.75) is 76.0 Å². The Morgan fingerprint density at radius 1 is 0.971 bits per heavy atom. The van der Waals surface area contributed by atoms with E-state index in [4.69, 9.17) is 4.98 Å². The lowest BCUT2D eigenvalue weighted by molar-refractivity contribution is 0.113. The van der Waals surface area contributed by atoms with E-state index in [9.17, 15) is 23.4 Å². The SMILES string of the molecule is OC1CCC(Nc2ncc3c(n2)CCC([C@H]2CCC[C@@H]2O)C(=Nc2c(F)cc(F)cc2F)N3)CC1. The zero-order valence-electron chi connectivity index (χ0n) is 19.4. The summed E-state index contributed by atoms with van der Waals surface area (Å²) in [4.78, 5) is 13.4. The van der Waals surface area contributed by atoms with Crippen molar-refractivity contribution in [1.29, 1.82) is 0 Å². The van der Waals surface area contributed by atoms with Gasteiger partial charge in [-0.2, -0.15) is 0 Å². The van der Waals surface area contributed by atoms with Crippen LogP contribution in [0, 0.1) is 29.3 Å². The van der Waals surface area contributed by atoms with Gasteiger partial charge >= 0.3 is 0 Å². The fraction of sp³-hybridized carbons (Fsp3) is 0.560. The van der Waals surface area contributed by atoms with E-state index in [2.05, 4.69) is 20.6 Å². The van der Waals surface area contributed by atoms with Crippen LogP contribution in [0.5, 0.6) is 0 Å². The van der Waals surface area contributed by atoms with Crippen LogP contribution >= 0.6 is 0 Å². The van der Waals surface area contributed by atoms with Crippen LogP contribution < -0.4 is 10.6 Å². The molecule has 3 aliphatic rings. The van der Waals surface area contributed by atoms with E-state index < -0.39 is 29.2 Å². The van der Waals surface area contributed by atoms with Gasteiger partial charge in [-0.15, -0.1) is 0 Å². The summed E-state index contributed by atoms with van der Waals surface area (Å²) in [5, 5.41) is 26.9. The Morgan fingerprint density at radius 3 is 2.40 bits per heavy atom. The van der Waals surface area contributed by atoms with Crippen LogP contribution in [-0.4, -0.2) is 44.3 Å². The fourth-order valence-corrected chi connectivity index (χ4v) is 5.57. The van der Waals surface area contributed by atoms with E-state index >= 15 is 0 Å². The van der Waals surface area contributed by atoms with E-state index in [1.54, 1.807) is 6.20 Å². The lowest BCUT2D eigenvalue weighted by atomic mass is 9.84. The second kappa shape index (κ2) is 10.1. The number of benzene rings is 1. The minimum atomic E-state index is -1.08. The molecule has 1 aromatic heterocycles.